The number of hydrogen-bond acceptors (Lipinski definition) is 3. The van der Waals surface area contributed by atoms with Crippen molar-refractivity contribution in [1.82, 2.24) is 4.98 Å². The molecular weight excluding hydrogens is 242 g/mol. The highest BCUT2D eigenvalue weighted by atomic mass is 35.5. The van der Waals surface area contributed by atoms with E-state index in [0.717, 1.165) is 15.8 Å². The van der Waals surface area contributed by atoms with Crippen LogP contribution < -0.4 is 0 Å². The fraction of sp³-hybridized carbons (Fsp3) is 0.250. The summed E-state index contributed by atoms with van der Waals surface area (Å²) in [6, 6.07) is 7.25. The van der Waals surface area contributed by atoms with Gasteiger partial charge in [0.2, 0.25) is 0 Å². The normalized spacial score (nSPS) is 12.9. The number of aromatic nitrogens is 1. The largest absolute Gasteiger partial charge is 0.508 e. The number of fused-ring (bicyclic) bond motifs is 1. The molecule has 1 aromatic heterocycles. The van der Waals surface area contributed by atoms with Crippen molar-refractivity contribution in [3.05, 3.63) is 30.5 Å². The smallest absolute Gasteiger partial charge is 0.116 e. The predicted molar refractivity (Wildman–Crippen MR) is 69.4 cm³/mol. The molecule has 0 aliphatic rings. The molecule has 0 aliphatic heterocycles. The summed E-state index contributed by atoms with van der Waals surface area (Å²) < 4.78 is 0. The quantitative estimate of drug-likeness (QED) is 0.669. The maximum absolute atomic E-state index is 9.48. The molecule has 1 atom stereocenters. The monoisotopic (exact) mass is 253 g/mol. The summed E-state index contributed by atoms with van der Waals surface area (Å²) in [5, 5.41) is 12.8. The minimum Gasteiger partial charge on any atom is -0.508 e. The summed E-state index contributed by atoms with van der Waals surface area (Å²) >= 11 is 7.41. The predicted octanol–water partition coefficient (Wildman–Crippen LogP) is 3.66. The van der Waals surface area contributed by atoms with Crippen LogP contribution in [0.5, 0.6) is 5.75 Å². The molecule has 0 fully saturated rings. The maximum atomic E-state index is 9.48. The Labute approximate surface area is 104 Å². The number of phenols is 1. The number of thioether (sulfide) groups is 1. The Kier molecular flexibility index (Phi) is 3.56. The third-order valence-corrected chi connectivity index (χ3v) is 4.01. The standard InChI is InChI=1S/C12H12ClNOS/c1-8(7-13)16-12-11-6-10(15)3-2-9(11)4-5-14-12/h2-6,8,15H,7H2,1H3. The summed E-state index contributed by atoms with van der Waals surface area (Å²) in [7, 11) is 0. The minimum atomic E-state index is 0.265. The molecule has 2 aromatic rings. The van der Waals surface area contributed by atoms with Crippen LogP contribution in [0.4, 0.5) is 0 Å². The molecule has 0 saturated carbocycles. The molecular formula is C12H12ClNOS. The maximum Gasteiger partial charge on any atom is 0.116 e. The fourth-order valence-electron chi connectivity index (χ4n) is 1.45. The number of benzene rings is 1. The van der Waals surface area contributed by atoms with Crippen molar-refractivity contribution in [2.45, 2.75) is 17.2 Å². The van der Waals surface area contributed by atoms with E-state index in [4.69, 9.17) is 11.6 Å². The number of pyridine rings is 1. The number of alkyl halides is 1. The third-order valence-electron chi connectivity index (χ3n) is 2.24. The van der Waals surface area contributed by atoms with Gasteiger partial charge < -0.3 is 5.11 Å². The van der Waals surface area contributed by atoms with Gasteiger partial charge in [0.1, 0.15) is 10.8 Å². The van der Waals surface area contributed by atoms with E-state index in [1.807, 2.05) is 12.1 Å². The third kappa shape index (κ3) is 2.42. The van der Waals surface area contributed by atoms with Gasteiger partial charge in [0.05, 0.1) is 0 Å². The Morgan fingerprint density at radius 1 is 1.44 bits per heavy atom. The SMILES string of the molecule is CC(CCl)Sc1nccc2ccc(O)cc12. The number of halogens is 1. The minimum absolute atomic E-state index is 0.265. The highest BCUT2D eigenvalue weighted by molar-refractivity contribution is 8.00. The first-order valence-electron chi connectivity index (χ1n) is 5.01. The molecule has 84 valence electrons. The number of rotatable bonds is 3. The van der Waals surface area contributed by atoms with Crippen LogP contribution >= 0.6 is 23.4 Å². The van der Waals surface area contributed by atoms with E-state index >= 15 is 0 Å². The molecule has 0 radical (unpaired) electrons. The van der Waals surface area contributed by atoms with Gasteiger partial charge in [0.15, 0.2) is 0 Å². The Bertz CT molecular complexity index is 503. The van der Waals surface area contributed by atoms with E-state index in [1.54, 1.807) is 30.1 Å². The van der Waals surface area contributed by atoms with Crippen molar-refractivity contribution >= 4 is 34.1 Å². The molecule has 4 heteroatoms. The molecule has 2 nitrogen and oxygen atoms in total. The fourth-order valence-corrected chi connectivity index (χ4v) is 2.50. The van der Waals surface area contributed by atoms with Gasteiger partial charge in [0, 0.05) is 22.7 Å². The lowest BCUT2D eigenvalue weighted by atomic mass is 10.2. The number of aromatic hydroxyl groups is 1. The number of hydrogen-bond donors (Lipinski definition) is 1. The van der Waals surface area contributed by atoms with Gasteiger partial charge in [-0.25, -0.2) is 4.98 Å². The van der Waals surface area contributed by atoms with Crippen molar-refractivity contribution in [3.63, 3.8) is 0 Å². The molecule has 1 N–H and O–H groups in total. The second kappa shape index (κ2) is 4.93. The van der Waals surface area contributed by atoms with Gasteiger partial charge in [-0.2, -0.15) is 0 Å². The molecule has 1 heterocycles. The summed E-state index contributed by atoms with van der Waals surface area (Å²) in [6.45, 7) is 2.06. The highest BCUT2D eigenvalue weighted by Crippen LogP contribution is 2.31. The molecule has 1 unspecified atom stereocenters. The summed E-state index contributed by atoms with van der Waals surface area (Å²) in [6.07, 6.45) is 1.78. The van der Waals surface area contributed by atoms with Crippen LogP contribution in [-0.2, 0) is 0 Å². The van der Waals surface area contributed by atoms with E-state index in [-0.39, 0.29) is 5.75 Å². The molecule has 1 aromatic carbocycles. The van der Waals surface area contributed by atoms with Crippen LogP contribution in [0.2, 0.25) is 0 Å². The van der Waals surface area contributed by atoms with Crippen LogP contribution in [-0.4, -0.2) is 21.2 Å². The lowest BCUT2D eigenvalue weighted by molar-refractivity contribution is 0.476. The van der Waals surface area contributed by atoms with E-state index in [9.17, 15) is 5.11 Å². The van der Waals surface area contributed by atoms with E-state index < -0.39 is 0 Å². The second-order valence-corrected chi connectivity index (χ2v) is 5.34. The first-order valence-corrected chi connectivity index (χ1v) is 6.42. The van der Waals surface area contributed by atoms with Crippen molar-refractivity contribution in [2.24, 2.45) is 0 Å². The van der Waals surface area contributed by atoms with Crippen molar-refractivity contribution in [2.75, 3.05) is 5.88 Å². The highest BCUT2D eigenvalue weighted by Gasteiger charge is 2.08. The molecule has 0 saturated heterocycles. The van der Waals surface area contributed by atoms with E-state index in [1.165, 1.54) is 0 Å². The van der Waals surface area contributed by atoms with Crippen molar-refractivity contribution < 1.29 is 5.11 Å². The topological polar surface area (TPSA) is 33.1 Å². The molecule has 0 bridgehead atoms. The Balaban J connectivity index is 2.47. The zero-order chi connectivity index (χ0) is 11.5. The van der Waals surface area contributed by atoms with Crippen LogP contribution in [0, 0.1) is 0 Å². The van der Waals surface area contributed by atoms with Gasteiger partial charge in [-0.1, -0.05) is 13.0 Å². The summed E-state index contributed by atoms with van der Waals surface area (Å²) in [5.74, 6) is 0.850. The summed E-state index contributed by atoms with van der Waals surface area (Å²) in [5.41, 5.74) is 0. The molecule has 0 amide bonds. The van der Waals surface area contributed by atoms with Gasteiger partial charge in [-0.3, -0.25) is 0 Å². The first kappa shape index (κ1) is 11.6. The first-order chi connectivity index (χ1) is 7.70. The van der Waals surface area contributed by atoms with Crippen LogP contribution in [0.15, 0.2) is 35.5 Å². The Morgan fingerprint density at radius 3 is 3.00 bits per heavy atom. The lowest BCUT2D eigenvalue weighted by Crippen LogP contribution is -1.97. The Morgan fingerprint density at radius 2 is 2.25 bits per heavy atom. The van der Waals surface area contributed by atoms with Gasteiger partial charge in [0.25, 0.3) is 0 Å². The molecule has 0 aliphatic carbocycles. The van der Waals surface area contributed by atoms with Crippen LogP contribution in [0.3, 0.4) is 0 Å². The van der Waals surface area contributed by atoms with Crippen molar-refractivity contribution in [3.8, 4) is 5.75 Å². The van der Waals surface area contributed by atoms with Gasteiger partial charge in [-0.15, -0.1) is 23.4 Å². The molecule has 16 heavy (non-hydrogen) atoms. The summed E-state index contributed by atoms with van der Waals surface area (Å²) in [4.78, 5) is 4.33. The lowest BCUT2D eigenvalue weighted by Gasteiger charge is -2.09. The van der Waals surface area contributed by atoms with Crippen LogP contribution in [0.25, 0.3) is 10.8 Å². The molecule has 2 rings (SSSR count). The average Bonchev–Trinajstić information content (AvgIpc) is 2.29. The second-order valence-electron chi connectivity index (χ2n) is 3.60. The van der Waals surface area contributed by atoms with Crippen molar-refractivity contribution in [1.29, 1.82) is 0 Å². The molecule has 0 spiro atoms. The van der Waals surface area contributed by atoms with E-state index in [0.29, 0.717) is 11.1 Å². The van der Waals surface area contributed by atoms with Gasteiger partial charge in [-0.05, 0) is 23.6 Å². The average molecular weight is 254 g/mol. The number of phenolic OH excluding ortho intramolecular Hbond substituents is 1. The number of nitrogens with zero attached hydrogens (tertiary/aromatic N) is 1. The van der Waals surface area contributed by atoms with Crippen LogP contribution in [0.1, 0.15) is 6.92 Å². The van der Waals surface area contributed by atoms with E-state index in [2.05, 4.69) is 11.9 Å². The Hall–Kier alpha value is -0.930. The van der Waals surface area contributed by atoms with Gasteiger partial charge >= 0.3 is 0 Å². The zero-order valence-corrected chi connectivity index (χ0v) is 10.4. The zero-order valence-electron chi connectivity index (χ0n) is 8.85.